The van der Waals surface area contributed by atoms with Crippen molar-refractivity contribution in [3.63, 3.8) is 0 Å². The Morgan fingerprint density at radius 2 is 1.31 bits per heavy atom. The van der Waals surface area contributed by atoms with Crippen molar-refractivity contribution in [1.82, 2.24) is 0 Å². The molecule has 0 heterocycles. The van der Waals surface area contributed by atoms with Gasteiger partial charge in [-0.3, -0.25) is 0 Å². The summed E-state index contributed by atoms with van der Waals surface area (Å²) >= 11 is 0. The lowest BCUT2D eigenvalue weighted by molar-refractivity contribution is 0.0392. The van der Waals surface area contributed by atoms with Crippen molar-refractivity contribution in [2.75, 3.05) is 0 Å². The maximum atomic E-state index is 9.23. The van der Waals surface area contributed by atoms with Crippen LogP contribution in [-0.4, -0.2) is 11.3 Å². The number of rotatable bonds is 2. The van der Waals surface area contributed by atoms with Crippen molar-refractivity contribution in [1.29, 1.82) is 0 Å². The molecule has 0 aliphatic heterocycles. The number of aliphatic hydroxyl groups is 1. The Bertz CT molecular complexity index is 136. The monoisotopic (exact) mass is 187 g/mol. The fourth-order valence-electron chi connectivity index (χ4n) is 2.25. The second kappa shape index (κ2) is 3.97. The van der Waals surface area contributed by atoms with Gasteiger partial charge in [0, 0.05) is 0 Å². The van der Waals surface area contributed by atoms with Crippen LogP contribution in [0.5, 0.6) is 0 Å². The van der Waals surface area contributed by atoms with Crippen molar-refractivity contribution in [2.45, 2.75) is 54.2 Å². The Balaban J connectivity index is 4.58. The second-order valence-electron chi connectivity index (χ2n) is 6.09. The lowest BCUT2D eigenvalue weighted by atomic mass is 9.65. The third kappa shape index (κ3) is 4.63. The van der Waals surface area contributed by atoms with Gasteiger partial charge in [0.1, 0.15) is 6.23 Å². The highest BCUT2D eigenvalue weighted by Crippen LogP contribution is 2.42. The molecule has 1 atom stereocenters. The minimum Gasteiger partial charge on any atom is -0.379 e. The summed E-state index contributed by atoms with van der Waals surface area (Å²) in [6, 6.07) is 0. The van der Waals surface area contributed by atoms with Crippen LogP contribution in [0.2, 0.25) is 0 Å². The van der Waals surface area contributed by atoms with E-state index < -0.39 is 6.23 Å². The zero-order chi connectivity index (χ0) is 10.9. The number of nitrogens with two attached hydrogens (primary N) is 1. The molecule has 0 aromatic carbocycles. The third-order valence-electron chi connectivity index (χ3n) is 2.57. The van der Waals surface area contributed by atoms with Gasteiger partial charge in [-0.25, -0.2) is 0 Å². The van der Waals surface area contributed by atoms with E-state index in [4.69, 9.17) is 5.73 Å². The van der Waals surface area contributed by atoms with Crippen molar-refractivity contribution in [3.8, 4) is 0 Å². The summed E-state index contributed by atoms with van der Waals surface area (Å²) in [4.78, 5) is 0. The summed E-state index contributed by atoms with van der Waals surface area (Å²) < 4.78 is 0. The molecule has 0 saturated heterocycles. The van der Waals surface area contributed by atoms with Crippen LogP contribution in [0.1, 0.15) is 48.0 Å². The Labute approximate surface area is 82.5 Å². The van der Waals surface area contributed by atoms with Gasteiger partial charge in [-0.2, -0.15) is 0 Å². The standard InChI is InChI=1S/C11H25NO/c1-10(2,3)8(7-9(12)13)11(4,5)6/h8-9,13H,7,12H2,1-6H3. The second-order valence-corrected chi connectivity index (χ2v) is 6.09. The topological polar surface area (TPSA) is 46.2 Å². The molecule has 0 amide bonds. The van der Waals surface area contributed by atoms with Crippen LogP contribution in [-0.2, 0) is 0 Å². The Morgan fingerprint density at radius 1 is 1.00 bits per heavy atom. The van der Waals surface area contributed by atoms with Crippen molar-refractivity contribution in [2.24, 2.45) is 22.5 Å². The molecule has 0 aromatic rings. The Kier molecular flexibility index (Phi) is 3.95. The van der Waals surface area contributed by atoms with Crippen LogP contribution < -0.4 is 5.73 Å². The lowest BCUT2D eigenvalue weighted by Gasteiger charge is -2.41. The first kappa shape index (κ1) is 12.9. The van der Waals surface area contributed by atoms with E-state index in [1.807, 2.05) is 0 Å². The van der Waals surface area contributed by atoms with E-state index in [2.05, 4.69) is 41.5 Å². The Morgan fingerprint density at radius 3 is 1.38 bits per heavy atom. The van der Waals surface area contributed by atoms with Crippen molar-refractivity contribution >= 4 is 0 Å². The number of hydrogen-bond donors (Lipinski definition) is 2. The summed E-state index contributed by atoms with van der Waals surface area (Å²) in [5, 5.41) is 9.23. The largest absolute Gasteiger partial charge is 0.379 e. The molecule has 0 aromatic heterocycles. The average Bonchev–Trinajstić information content (AvgIpc) is 1.77. The van der Waals surface area contributed by atoms with Crippen LogP contribution in [0.4, 0.5) is 0 Å². The molecule has 1 unspecified atom stereocenters. The highest BCUT2D eigenvalue weighted by atomic mass is 16.3. The summed E-state index contributed by atoms with van der Waals surface area (Å²) in [6.45, 7) is 13.2. The van der Waals surface area contributed by atoms with E-state index in [1.54, 1.807) is 0 Å². The maximum Gasteiger partial charge on any atom is 0.102 e. The van der Waals surface area contributed by atoms with Gasteiger partial charge in [-0.1, -0.05) is 41.5 Å². The van der Waals surface area contributed by atoms with Crippen molar-refractivity contribution in [3.05, 3.63) is 0 Å². The van der Waals surface area contributed by atoms with Gasteiger partial charge in [0.2, 0.25) is 0 Å². The van der Waals surface area contributed by atoms with Gasteiger partial charge < -0.3 is 10.8 Å². The minimum absolute atomic E-state index is 0.193. The molecule has 0 bridgehead atoms. The third-order valence-corrected chi connectivity index (χ3v) is 2.57. The molecule has 0 aliphatic carbocycles. The molecule has 2 heteroatoms. The first-order valence-corrected chi connectivity index (χ1v) is 4.99. The zero-order valence-electron chi connectivity index (χ0n) is 9.89. The van der Waals surface area contributed by atoms with Crippen LogP contribution >= 0.6 is 0 Å². The Hall–Kier alpha value is -0.0800. The predicted molar refractivity (Wildman–Crippen MR) is 57.2 cm³/mol. The molecular formula is C11H25NO. The van der Waals surface area contributed by atoms with Crippen LogP contribution in [0.25, 0.3) is 0 Å². The molecule has 13 heavy (non-hydrogen) atoms. The van der Waals surface area contributed by atoms with Gasteiger partial charge in [-0.05, 0) is 23.2 Å². The van der Waals surface area contributed by atoms with E-state index in [9.17, 15) is 5.11 Å². The summed E-state index contributed by atoms with van der Waals surface area (Å²) in [7, 11) is 0. The van der Waals surface area contributed by atoms with Gasteiger partial charge in [0.25, 0.3) is 0 Å². The summed E-state index contributed by atoms with van der Waals surface area (Å²) in [5.41, 5.74) is 5.83. The smallest absolute Gasteiger partial charge is 0.102 e. The SMILES string of the molecule is CC(C)(C)C(CC(N)O)C(C)(C)C. The van der Waals surface area contributed by atoms with Crippen LogP contribution in [0.15, 0.2) is 0 Å². The molecule has 80 valence electrons. The van der Waals surface area contributed by atoms with Crippen LogP contribution in [0, 0.1) is 16.7 Å². The van der Waals surface area contributed by atoms with E-state index in [-0.39, 0.29) is 10.8 Å². The molecule has 0 radical (unpaired) electrons. The molecule has 2 nitrogen and oxygen atoms in total. The number of hydrogen-bond acceptors (Lipinski definition) is 2. The first-order valence-electron chi connectivity index (χ1n) is 4.99. The van der Waals surface area contributed by atoms with Crippen molar-refractivity contribution < 1.29 is 5.11 Å². The van der Waals surface area contributed by atoms with E-state index in [0.29, 0.717) is 12.3 Å². The van der Waals surface area contributed by atoms with E-state index in [0.717, 1.165) is 0 Å². The molecule has 0 saturated carbocycles. The highest BCUT2D eigenvalue weighted by Gasteiger charge is 2.35. The number of aliphatic hydroxyl groups excluding tert-OH is 1. The van der Waals surface area contributed by atoms with Gasteiger partial charge in [0.05, 0.1) is 0 Å². The van der Waals surface area contributed by atoms with Gasteiger partial charge >= 0.3 is 0 Å². The van der Waals surface area contributed by atoms with E-state index >= 15 is 0 Å². The highest BCUT2D eigenvalue weighted by molar-refractivity contribution is 4.84. The molecule has 0 rings (SSSR count). The molecule has 3 N–H and O–H groups in total. The fraction of sp³-hybridized carbons (Fsp3) is 1.00. The quantitative estimate of drug-likeness (QED) is 0.652. The molecule has 0 spiro atoms. The normalized spacial score (nSPS) is 16.4. The average molecular weight is 187 g/mol. The van der Waals surface area contributed by atoms with E-state index in [1.165, 1.54) is 0 Å². The fourth-order valence-corrected chi connectivity index (χ4v) is 2.25. The summed E-state index contributed by atoms with van der Waals surface area (Å²) in [5.74, 6) is 0.431. The lowest BCUT2D eigenvalue weighted by Crippen LogP contribution is -2.37. The van der Waals surface area contributed by atoms with Crippen LogP contribution in [0.3, 0.4) is 0 Å². The summed E-state index contributed by atoms with van der Waals surface area (Å²) in [6.07, 6.45) is -0.0176. The van der Waals surface area contributed by atoms with Gasteiger partial charge in [-0.15, -0.1) is 0 Å². The molecule has 0 fully saturated rings. The van der Waals surface area contributed by atoms with Gasteiger partial charge in [0.15, 0.2) is 0 Å². The predicted octanol–water partition coefficient (Wildman–Crippen LogP) is 2.36. The first-order chi connectivity index (χ1) is 5.55. The maximum absolute atomic E-state index is 9.23. The zero-order valence-corrected chi connectivity index (χ0v) is 9.89. The molecule has 0 aliphatic rings. The minimum atomic E-state index is -0.691. The molecular weight excluding hydrogens is 162 g/mol.